The Balaban J connectivity index is 2.28. The Morgan fingerprint density at radius 3 is 2.27 bits per heavy atom. The first-order chi connectivity index (χ1) is 12.5. The van der Waals surface area contributed by atoms with Crippen LogP contribution in [-0.2, 0) is 4.74 Å². The lowest BCUT2D eigenvalue weighted by molar-refractivity contribution is 0.0528. The number of thiophene rings is 1. The van der Waals surface area contributed by atoms with Crippen molar-refractivity contribution in [3.8, 4) is 21.6 Å². The van der Waals surface area contributed by atoms with Gasteiger partial charge in [-0.1, -0.05) is 53.6 Å². The van der Waals surface area contributed by atoms with Crippen molar-refractivity contribution in [3.63, 3.8) is 0 Å². The zero-order valence-electron chi connectivity index (χ0n) is 14.4. The van der Waals surface area contributed by atoms with Gasteiger partial charge in [0.05, 0.1) is 21.9 Å². The van der Waals surface area contributed by atoms with Gasteiger partial charge in [0.1, 0.15) is 0 Å². The lowest BCUT2D eigenvalue weighted by Crippen LogP contribution is -2.06. The third-order valence-corrected chi connectivity index (χ3v) is 5.38. The maximum absolute atomic E-state index is 12.7. The van der Waals surface area contributed by atoms with Crippen molar-refractivity contribution < 1.29 is 14.3 Å². The summed E-state index contributed by atoms with van der Waals surface area (Å²) in [5.74, 6) is -0.433. The minimum atomic E-state index is -0.433. The van der Waals surface area contributed by atoms with Crippen LogP contribution in [0.3, 0.4) is 0 Å². The lowest BCUT2D eigenvalue weighted by Gasteiger charge is -2.09. The van der Waals surface area contributed by atoms with Gasteiger partial charge >= 0.3 is 5.97 Å². The maximum atomic E-state index is 12.7. The summed E-state index contributed by atoms with van der Waals surface area (Å²) in [5, 5.41) is 0.609. The predicted molar refractivity (Wildman–Crippen MR) is 106 cm³/mol. The van der Waals surface area contributed by atoms with Crippen LogP contribution in [0.5, 0.6) is 0 Å². The van der Waals surface area contributed by atoms with Crippen LogP contribution in [0.2, 0.25) is 5.02 Å². The minimum Gasteiger partial charge on any atom is -0.462 e. The molecule has 0 unspecified atom stereocenters. The van der Waals surface area contributed by atoms with Crippen LogP contribution in [0, 0.1) is 6.92 Å². The summed E-state index contributed by atoms with van der Waals surface area (Å²) in [6.07, 6.45) is 0.794. The highest BCUT2D eigenvalue weighted by Gasteiger charge is 2.26. The molecule has 0 N–H and O–H groups in total. The number of aryl methyl sites for hydroxylation is 1. The third-order valence-electron chi connectivity index (χ3n) is 3.97. The van der Waals surface area contributed by atoms with E-state index in [4.69, 9.17) is 16.3 Å². The van der Waals surface area contributed by atoms with Crippen LogP contribution in [0.4, 0.5) is 0 Å². The van der Waals surface area contributed by atoms with E-state index in [1.165, 1.54) is 11.3 Å². The molecule has 1 heterocycles. The third kappa shape index (κ3) is 3.57. The summed E-state index contributed by atoms with van der Waals surface area (Å²) < 4.78 is 5.28. The van der Waals surface area contributed by atoms with Gasteiger partial charge < -0.3 is 4.74 Å². The number of carbonyl (C=O) groups is 2. The van der Waals surface area contributed by atoms with Gasteiger partial charge in [-0.3, -0.25) is 4.79 Å². The Labute approximate surface area is 161 Å². The second kappa shape index (κ2) is 7.85. The highest BCUT2D eigenvalue weighted by molar-refractivity contribution is 7.18. The van der Waals surface area contributed by atoms with Crippen molar-refractivity contribution in [2.75, 3.05) is 6.61 Å². The van der Waals surface area contributed by atoms with Gasteiger partial charge in [0, 0.05) is 10.6 Å². The number of benzene rings is 2. The van der Waals surface area contributed by atoms with Crippen molar-refractivity contribution in [1.29, 1.82) is 0 Å². The van der Waals surface area contributed by atoms with E-state index in [1.54, 1.807) is 19.1 Å². The molecular weight excluding hydrogens is 368 g/mol. The van der Waals surface area contributed by atoms with Gasteiger partial charge in [-0.15, -0.1) is 11.3 Å². The van der Waals surface area contributed by atoms with Gasteiger partial charge in [-0.25, -0.2) is 4.79 Å². The molecule has 5 heteroatoms. The van der Waals surface area contributed by atoms with Crippen LogP contribution in [-0.4, -0.2) is 18.9 Å². The Morgan fingerprint density at radius 1 is 1.08 bits per heavy atom. The molecule has 0 aliphatic heterocycles. The average molecular weight is 385 g/mol. The molecule has 2 aromatic carbocycles. The Bertz CT molecular complexity index is 941. The van der Waals surface area contributed by atoms with E-state index in [9.17, 15) is 9.59 Å². The van der Waals surface area contributed by atoms with E-state index in [2.05, 4.69) is 0 Å². The number of hydrogen-bond acceptors (Lipinski definition) is 4. The van der Waals surface area contributed by atoms with Crippen molar-refractivity contribution in [1.82, 2.24) is 0 Å². The van der Waals surface area contributed by atoms with Crippen LogP contribution in [0.15, 0.2) is 48.5 Å². The highest BCUT2D eigenvalue weighted by Crippen LogP contribution is 2.42. The summed E-state index contributed by atoms with van der Waals surface area (Å²) in [6.45, 7) is 4.01. The van der Waals surface area contributed by atoms with E-state index in [1.807, 2.05) is 43.3 Å². The van der Waals surface area contributed by atoms with Crippen LogP contribution in [0.1, 0.15) is 32.5 Å². The molecule has 3 rings (SSSR count). The van der Waals surface area contributed by atoms with Gasteiger partial charge in [-0.05, 0) is 37.1 Å². The summed E-state index contributed by atoms with van der Waals surface area (Å²) in [6, 6.07) is 14.9. The standard InChI is InChI=1S/C21H17ClO3S/c1-3-25-21(24)19-18(14-6-4-13(2)5-7-14)17(12-23)26-20(19)15-8-10-16(22)11-9-15/h4-12H,3H2,1-2H3. The molecule has 0 atom stereocenters. The van der Waals surface area contributed by atoms with Crippen molar-refractivity contribution in [3.05, 3.63) is 69.6 Å². The Hall–Kier alpha value is -2.43. The molecule has 0 fully saturated rings. The Kier molecular flexibility index (Phi) is 5.55. The molecule has 0 bridgehead atoms. The molecule has 0 spiro atoms. The first kappa shape index (κ1) is 18.4. The molecular formula is C21H17ClO3S. The number of esters is 1. The zero-order valence-corrected chi connectivity index (χ0v) is 16.0. The second-order valence-corrected chi connectivity index (χ2v) is 7.25. The molecule has 1 aromatic heterocycles. The largest absolute Gasteiger partial charge is 0.462 e. The number of carbonyl (C=O) groups excluding carboxylic acids is 2. The fourth-order valence-corrected chi connectivity index (χ4v) is 4.00. The summed E-state index contributed by atoms with van der Waals surface area (Å²) in [4.78, 5) is 25.7. The van der Waals surface area contributed by atoms with E-state index in [0.717, 1.165) is 23.0 Å². The number of ether oxygens (including phenoxy) is 1. The molecule has 0 amide bonds. The van der Waals surface area contributed by atoms with Gasteiger partial charge in [-0.2, -0.15) is 0 Å². The molecule has 0 aliphatic rings. The smallest absolute Gasteiger partial charge is 0.340 e. The van der Waals surface area contributed by atoms with E-state index >= 15 is 0 Å². The first-order valence-corrected chi connectivity index (χ1v) is 9.36. The summed E-state index contributed by atoms with van der Waals surface area (Å²) >= 11 is 7.27. The molecule has 3 aromatic rings. The van der Waals surface area contributed by atoms with Crippen molar-refractivity contribution in [2.45, 2.75) is 13.8 Å². The van der Waals surface area contributed by atoms with Gasteiger partial charge in [0.15, 0.2) is 6.29 Å². The number of hydrogen-bond donors (Lipinski definition) is 0. The quantitative estimate of drug-likeness (QED) is 0.398. The normalized spacial score (nSPS) is 10.6. The second-order valence-electron chi connectivity index (χ2n) is 5.76. The fourth-order valence-electron chi connectivity index (χ4n) is 2.74. The zero-order chi connectivity index (χ0) is 18.7. The monoisotopic (exact) mass is 384 g/mol. The molecule has 0 saturated carbocycles. The van der Waals surface area contributed by atoms with E-state index in [0.29, 0.717) is 25.9 Å². The van der Waals surface area contributed by atoms with Crippen LogP contribution in [0.25, 0.3) is 21.6 Å². The molecule has 0 aliphatic carbocycles. The average Bonchev–Trinajstić information content (AvgIpc) is 3.03. The van der Waals surface area contributed by atoms with Crippen molar-refractivity contribution in [2.24, 2.45) is 0 Å². The maximum Gasteiger partial charge on any atom is 0.340 e. The lowest BCUT2D eigenvalue weighted by atomic mass is 9.97. The number of rotatable bonds is 5. The number of aldehydes is 1. The van der Waals surface area contributed by atoms with E-state index in [-0.39, 0.29) is 6.61 Å². The molecule has 3 nitrogen and oxygen atoms in total. The molecule has 0 saturated heterocycles. The molecule has 26 heavy (non-hydrogen) atoms. The number of halogens is 1. The fraction of sp³-hybridized carbons (Fsp3) is 0.143. The summed E-state index contributed by atoms with van der Waals surface area (Å²) in [7, 11) is 0. The van der Waals surface area contributed by atoms with Crippen LogP contribution < -0.4 is 0 Å². The highest BCUT2D eigenvalue weighted by atomic mass is 35.5. The Morgan fingerprint density at radius 2 is 1.69 bits per heavy atom. The topological polar surface area (TPSA) is 43.4 Å². The molecule has 132 valence electrons. The van der Waals surface area contributed by atoms with Gasteiger partial charge in [0.25, 0.3) is 0 Å². The van der Waals surface area contributed by atoms with E-state index < -0.39 is 5.97 Å². The molecule has 0 radical (unpaired) electrons. The first-order valence-electron chi connectivity index (χ1n) is 8.17. The minimum absolute atomic E-state index is 0.262. The summed E-state index contributed by atoms with van der Waals surface area (Å²) in [5.41, 5.74) is 3.78. The van der Waals surface area contributed by atoms with Crippen molar-refractivity contribution >= 4 is 35.2 Å². The van der Waals surface area contributed by atoms with Crippen LogP contribution >= 0.6 is 22.9 Å². The predicted octanol–water partition coefficient (Wildman–Crippen LogP) is 6.03. The van der Waals surface area contributed by atoms with Gasteiger partial charge in [0.2, 0.25) is 0 Å². The SMILES string of the molecule is CCOC(=O)c1c(-c2ccc(Cl)cc2)sc(C=O)c1-c1ccc(C)cc1.